The number of amides is 4. The molecule has 0 unspecified atom stereocenters. The van der Waals surface area contributed by atoms with E-state index in [4.69, 9.17) is 10.5 Å². The second kappa shape index (κ2) is 8.64. The van der Waals surface area contributed by atoms with Crippen LogP contribution in [0.2, 0.25) is 0 Å². The van der Waals surface area contributed by atoms with Crippen molar-refractivity contribution in [2.75, 3.05) is 13.2 Å². The van der Waals surface area contributed by atoms with Gasteiger partial charge in [-0.15, -0.1) is 0 Å². The molecule has 9 heteroatoms. The number of nitrogens with two attached hydrogens (primary N) is 1. The molecule has 9 nitrogen and oxygen atoms in total. The summed E-state index contributed by atoms with van der Waals surface area (Å²) >= 11 is 0. The number of esters is 1. The van der Waals surface area contributed by atoms with Gasteiger partial charge in [0.2, 0.25) is 5.91 Å². The third kappa shape index (κ3) is 3.92. The maximum atomic E-state index is 12.8. The largest absolute Gasteiger partial charge is 0.454 e. The Kier molecular flexibility index (Phi) is 6.19. The number of primary amides is 1. The van der Waals surface area contributed by atoms with Crippen molar-refractivity contribution in [3.8, 4) is 0 Å². The van der Waals surface area contributed by atoms with E-state index in [0.717, 1.165) is 17.7 Å². The number of carbonyl (C=O) groups excluding carboxylic acids is 5. The lowest BCUT2D eigenvalue weighted by Gasteiger charge is -2.33. The van der Waals surface area contributed by atoms with Crippen LogP contribution in [-0.4, -0.2) is 64.6 Å². The molecule has 1 aromatic carbocycles. The van der Waals surface area contributed by atoms with Gasteiger partial charge in [0.25, 0.3) is 17.7 Å². The highest BCUT2D eigenvalue weighted by Crippen LogP contribution is 2.27. The molecular weight excluding hydrogens is 390 g/mol. The summed E-state index contributed by atoms with van der Waals surface area (Å²) in [6, 6.07) is 4.45. The van der Waals surface area contributed by atoms with Gasteiger partial charge in [-0.25, -0.2) is 4.79 Å². The predicted octanol–water partition coefficient (Wildman–Crippen LogP) is 0.717. The van der Waals surface area contributed by atoms with Crippen LogP contribution in [0.15, 0.2) is 24.3 Å². The van der Waals surface area contributed by atoms with E-state index in [1.165, 1.54) is 17.0 Å². The van der Waals surface area contributed by atoms with Crippen molar-refractivity contribution in [3.05, 3.63) is 35.4 Å². The minimum absolute atomic E-state index is 0.231. The summed E-state index contributed by atoms with van der Waals surface area (Å²) in [5.41, 5.74) is 5.83. The summed E-state index contributed by atoms with van der Waals surface area (Å²) < 4.78 is 5.19. The van der Waals surface area contributed by atoms with Gasteiger partial charge < -0.3 is 15.4 Å². The first-order chi connectivity index (χ1) is 14.2. The molecule has 0 bridgehead atoms. The molecule has 1 fully saturated rings. The molecule has 3 rings (SSSR count). The van der Waals surface area contributed by atoms with E-state index in [2.05, 4.69) is 0 Å². The average Bonchev–Trinajstić information content (AvgIpc) is 2.97. The maximum Gasteiger partial charge on any atom is 0.330 e. The summed E-state index contributed by atoms with van der Waals surface area (Å²) in [6.45, 7) is 3.14. The van der Waals surface area contributed by atoms with Gasteiger partial charge >= 0.3 is 5.97 Å². The Morgan fingerprint density at radius 3 is 2.23 bits per heavy atom. The number of hydrogen-bond donors (Lipinski definition) is 1. The number of hydrogen-bond acceptors (Lipinski definition) is 6. The zero-order valence-corrected chi connectivity index (χ0v) is 17.0. The van der Waals surface area contributed by atoms with Crippen LogP contribution in [0.4, 0.5) is 0 Å². The van der Waals surface area contributed by atoms with Crippen LogP contribution in [0.1, 0.15) is 53.8 Å². The molecule has 0 aliphatic carbocycles. The van der Waals surface area contributed by atoms with Crippen LogP contribution >= 0.6 is 0 Å². The Hall–Kier alpha value is -3.23. The minimum Gasteiger partial charge on any atom is -0.454 e. The van der Waals surface area contributed by atoms with Crippen molar-refractivity contribution in [3.63, 3.8) is 0 Å². The molecule has 30 heavy (non-hydrogen) atoms. The molecule has 0 aromatic heterocycles. The van der Waals surface area contributed by atoms with Gasteiger partial charge in [0.1, 0.15) is 12.1 Å². The van der Waals surface area contributed by atoms with E-state index < -0.39 is 54.2 Å². The van der Waals surface area contributed by atoms with E-state index in [0.29, 0.717) is 13.0 Å². The number of nitrogens with zero attached hydrogens (tertiary/aromatic N) is 2. The molecule has 2 atom stereocenters. The van der Waals surface area contributed by atoms with Crippen molar-refractivity contribution in [2.24, 2.45) is 11.7 Å². The van der Waals surface area contributed by atoms with E-state index in [1.54, 1.807) is 26.0 Å². The molecule has 160 valence electrons. The Bertz CT molecular complexity index is 861. The number of likely N-dealkylation sites (tertiary alicyclic amines) is 1. The van der Waals surface area contributed by atoms with Gasteiger partial charge in [-0.2, -0.15) is 0 Å². The quantitative estimate of drug-likeness (QED) is 0.539. The number of imide groups is 1. The topological polar surface area (TPSA) is 127 Å². The van der Waals surface area contributed by atoms with Gasteiger partial charge in [-0.1, -0.05) is 26.0 Å². The van der Waals surface area contributed by atoms with Crippen LogP contribution in [0.25, 0.3) is 0 Å². The van der Waals surface area contributed by atoms with Crippen LogP contribution in [0, 0.1) is 5.92 Å². The molecule has 0 radical (unpaired) electrons. The average molecular weight is 415 g/mol. The highest BCUT2D eigenvalue weighted by atomic mass is 16.5. The highest BCUT2D eigenvalue weighted by Gasteiger charge is 2.45. The molecule has 2 aliphatic rings. The lowest BCUT2D eigenvalue weighted by atomic mass is 10.0. The molecule has 2 aliphatic heterocycles. The smallest absolute Gasteiger partial charge is 0.330 e. The minimum atomic E-state index is -1.17. The Morgan fingerprint density at radius 1 is 1.10 bits per heavy atom. The molecule has 0 spiro atoms. The van der Waals surface area contributed by atoms with Crippen LogP contribution < -0.4 is 5.73 Å². The summed E-state index contributed by atoms with van der Waals surface area (Å²) in [4.78, 5) is 64.6. The summed E-state index contributed by atoms with van der Waals surface area (Å²) in [6.07, 6.45) is 1.98. The third-order valence-electron chi connectivity index (χ3n) is 5.47. The lowest BCUT2D eigenvalue weighted by Crippen LogP contribution is -2.52. The molecule has 2 N–H and O–H groups in total. The molecule has 2 heterocycles. The Balaban J connectivity index is 1.71. The first-order valence-corrected chi connectivity index (χ1v) is 9.96. The van der Waals surface area contributed by atoms with E-state index in [9.17, 15) is 24.0 Å². The fourth-order valence-electron chi connectivity index (χ4n) is 3.96. The Labute approximate surface area is 174 Å². The van der Waals surface area contributed by atoms with E-state index in [1.807, 2.05) is 0 Å². The second-order valence-electron chi connectivity index (χ2n) is 7.82. The lowest BCUT2D eigenvalue weighted by molar-refractivity contribution is -0.158. The number of ether oxygens (including phenoxy) is 1. The van der Waals surface area contributed by atoms with Crippen molar-refractivity contribution < 1.29 is 28.7 Å². The fraction of sp³-hybridized carbons (Fsp3) is 0.476. The SMILES string of the molecule is CC(C)[C@H](C(=O)OCC(=O)N1CCCC[C@H]1C(N)=O)N1C(=O)c2ccccc2C1=O. The standard InChI is InChI=1S/C21H25N3O6/c1-12(2)17(24-19(27)13-7-3-4-8-14(13)20(24)28)21(29)30-11-16(25)23-10-6-5-9-15(23)18(22)26/h3-4,7-8,12,15,17H,5-6,9-11H2,1-2H3,(H2,22,26)/t15-,17+/m0/s1. The van der Waals surface area contributed by atoms with Crippen molar-refractivity contribution in [1.29, 1.82) is 0 Å². The zero-order chi connectivity index (χ0) is 22.0. The van der Waals surface area contributed by atoms with Gasteiger partial charge in [0, 0.05) is 6.54 Å². The molecule has 1 aromatic rings. The number of fused-ring (bicyclic) bond motifs is 1. The first-order valence-electron chi connectivity index (χ1n) is 9.96. The summed E-state index contributed by atoms with van der Waals surface area (Å²) in [5, 5.41) is 0. The Morgan fingerprint density at radius 2 is 1.70 bits per heavy atom. The normalized spacial score (nSPS) is 19.6. The van der Waals surface area contributed by atoms with Crippen LogP contribution in [-0.2, 0) is 19.1 Å². The molecular formula is C21H25N3O6. The number of rotatable bonds is 6. The first kappa shape index (κ1) is 21.5. The second-order valence-corrected chi connectivity index (χ2v) is 7.82. The van der Waals surface area contributed by atoms with Crippen molar-refractivity contribution in [2.45, 2.75) is 45.2 Å². The van der Waals surface area contributed by atoms with Crippen LogP contribution in [0.5, 0.6) is 0 Å². The monoisotopic (exact) mass is 415 g/mol. The van der Waals surface area contributed by atoms with E-state index in [-0.39, 0.29) is 11.1 Å². The maximum absolute atomic E-state index is 12.8. The van der Waals surface area contributed by atoms with Gasteiger partial charge in [-0.05, 0) is 37.3 Å². The van der Waals surface area contributed by atoms with Crippen molar-refractivity contribution >= 4 is 29.6 Å². The molecule has 1 saturated heterocycles. The summed E-state index contributed by atoms with van der Waals surface area (Å²) in [5.74, 6) is -3.54. The van der Waals surface area contributed by atoms with Gasteiger partial charge in [0.15, 0.2) is 6.61 Å². The third-order valence-corrected chi connectivity index (χ3v) is 5.47. The van der Waals surface area contributed by atoms with Gasteiger partial charge in [0.05, 0.1) is 11.1 Å². The van der Waals surface area contributed by atoms with E-state index >= 15 is 0 Å². The zero-order valence-electron chi connectivity index (χ0n) is 17.0. The summed E-state index contributed by atoms with van der Waals surface area (Å²) in [7, 11) is 0. The number of carbonyl (C=O) groups is 5. The molecule has 4 amide bonds. The predicted molar refractivity (Wildman–Crippen MR) is 105 cm³/mol. The van der Waals surface area contributed by atoms with Crippen LogP contribution in [0.3, 0.4) is 0 Å². The highest BCUT2D eigenvalue weighted by molar-refractivity contribution is 6.22. The van der Waals surface area contributed by atoms with Gasteiger partial charge in [-0.3, -0.25) is 24.1 Å². The fourth-order valence-corrected chi connectivity index (χ4v) is 3.96. The number of benzene rings is 1. The van der Waals surface area contributed by atoms with Crippen molar-refractivity contribution in [1.82, 2.24) is 9.80 Å². The molecule has 0 saturated carbocycles. The number of piperidine rings is 1.